The van der Waals surface area contributed by atoms with E-state index >= 15 is 0 Å². The number of hydrogen-bond acceptors (Lipinski definition) is 5. The third-order valence-electron chi connectivity index (χ3n) is 3.87. The van der Waals surface area contributed by atoms with Crippen LogP contribution in [0.2, 0.25) is 0 Å². The molecular formula is C17H19N3O4S. The van der Waals surface area contributed by atoms with Crippen LogP contribution in [0.15, 0.2) is 47.4 Å². The second-order valence-corrected chi connectivity index (χ2v) is 7.51. The number of likely N-dealkylation sites (N-methyl/N-ethyl adjacent to an activating group) is 1. The molecule has 132 valence electrons. The summed E-state index contributed by atoms with van der Waals surface area (Å²) in [7, 11) is -1.97. The number of ether oxygens (including phenoxy) is 1. The Hall–Kier alpha value is -2.74. The van der Waals surface area contributed by atoms with Crippen LogP contribution in [0, 0.1) is 6.92 Å². The molecule has 0 saturated carbocycles. The lowest BCUT2D eigenvalue weighted by Crippen LogP contribution is -2.34. The van der Waals surface area contributed by atoms with E-state index in [4.69, 9.17) is 4.74 Å². The summed E-state index contributed by atoms with van der Waals surface area (Å²) in [5.41, 5.74) is 2.30. The maximum absolute atomic E-state index is 12.2. The number of aryl methyl sites for hydroxylation is 1. The summed E-state index contributed by atoms with van der Waals surface area (Å²) < 4.78 is 32.0. The predicted molar refractivity (Wildman–Crippen MR) is 95.7 cm³/mol. The fourth-order valence-electron chi connectivity index (χ4n) is 2.49. The van der Waals surface area contributed by atoms with Crippen LogP contribution < -0.4 is 19.7 Å². The molecule has 1 aliphatic rings. The van der Waals surface area contributed by atoms with Gasteiger partial charge in [0.2, 0.25) is 0 Å². The van der Waals surface area contributed by atoms with E-state index in [1.165, 1.54) is 12.1 Å². The Balaban J connectivity index is 1.71. The highest BCUT2D eigenvalue weighted by Gasteiger charge is 2.19. The molecule has 25 heavy (non-hydrogen) atoms. The number of anilines is 2. The normalized spacial score (nSPS) is 13.6. The SMILES string of the molecule is Cc1ccc(S(=O)(=O)NC(=O)Nc2ccc3c(c2)OCCN3C)cc1. The maximum Gasteiger partial charge on any atom is 0.333 e. The number of sulfonamides is 1. The van der Waals surface area contributed by atoms with Gasteiger partial charge in [0.1, 0.15) is 12.4 Å². The van der Waals surface area contributed by atoms with Crippen LogP contribution in [0.5, 0.6) is 5.75 Å². The lowest BCUT2D eigenvalue weighted by molar-refractivity contribution is 0.256. The molecule has 2 N–H and O–H groups in total. The van der Waals surface area contributed by atoms with E-state index in [1.807, 2.05) is 29.7 Å². The van der Waals surface area contributed by atoms with Crippen LogP contribution in [-0.2, 0) is 10.0 Å². The topological polar surface area (TPSA) is 87.7 Å². The molecule has 2 aromatic rings. The van der Waals surface area contributed by atoms with Crippen LogP contribution in [0.3, 0.4) is 0 Å². The van der Waals surface area contributed by atoms with Gasteiger partial charge in [-0.05, 0) is 31.2 Å². The van der Waals surface area contributed by atoms with Crippen LogP contribution in [0.1, 0.15) is 5.56 Å². The minimum absolute atomic E-state index is 0.0312. The zero-order chi connectivity index (χ0) is 18.0. The molecule has 0 spiro atoms. The van der Waals surface area contributed by atoms with Gasteiger partial charge in [-0.25, -0.2) is 17.9 Å². The molecule has 0 aromatic heterocycles. The van der Waals surface area contributed by atoms with Gasteiger partial charge in [-0.15, -0.1) is 0 Å². The Labute approximate surface area is 146 Å². The molecule has 7 nitrogen and oxygen atoms in total. The van der Waals surface area contributed by atoms with Gasteiger partial charge in [-0.3, -0.25) is 0 Å². The molecule has 0 unspecified atom stereocenters. The first-order valence-corrected chi connectivity index (χ1v) is 9.22. The van der Waals surface area contributed by atoms with E-state index < -0.39 is 16.1 Å². The number of carbonyl (C=O) groups is 1. The lowest BCUT2D eigenvalue weighted by atomic mass is 10.2. The van der Waals surface area contributed by atoms with Crippen LogP contribution in [0.25, 0.3) is 0 Å². The summed E-state index contributed by atoms with van der Waals surface area (Å²) in [6.07, 6.45) is 0. The van der Waals surface area contributed by atoms with Crippen molar-refractivity contribution in [2.45, 2.75) is 11.8 Å². The quantitative estimate of drug-likeness (QED) is 0.876. The number of nitrogens with zero attached hydrogens (tertiary/aromatic N) is 1. The predicted octanol–water partition coefficient (Wildman–Crippen LogP) is 2.33. The number of hydrogen-bond donors (Lipinski definition) is 2. The van der Waals surface area contributed by atoms with Gasteiger partial charge in [0.15, 0.2) is 0 Å². The highest BCUT2D eigenvalue weighted by Crippen LogP contribution is 2.33. The van der Waals surface area contributed by atoms with Crippen molar-refractivity contribution in [2.75, 3.05) is 30.4 Å². The van der Waals surface area contributed by atoms with Gasteiger partial charge in [-0.2, -0.15) is 0 Å². The Morgan fingerprint density at radius 1 is 1.16 bits per heavy atom. The average molecular weight is 361 g/mol. The Kier molecular flexibility index (Phi) is 4.54. The molecule has 8 heteroatoms. The van der Waals surface area contributed by atoms with Crippen molar-refractivity contribution in [2.24, 2.45) is 0 Å². The number of nitrogens with one attached hydrogen (secondary N) is 2. The van der Waals surface area contributed by atoms with Gasteiger partial charge in [0.05, 0.1) is 17.1 Å². The average Bonchev–Trinajstić information content (AvgIpc) is 2.54. The standard InChI is InChI=1S/C17H19N3O4S/c1-12-3-6-14(7-4-12)25(22,23)19-17(21)18-13-5-8-15-16(11-13)24-10-9-20(15)2/h3-8,11H,9-10H2,1-2H3,(H2,18,19,21). The van der Waals surface area contributed by atoms with Crippen molar-refractivity contribution < 1.29 is 17.9 Å². The van der Waals surface area contributed by atoms with Crippen molar-refractivity contribution >= 4 is 27.4 Å². The molecule has 0 aliphatic carbocycles. The highest BCUT2D eigenvalue weighted by molar-refractivity contribution is 7.90. The second-order valence-electron chi connectivity index (χ2n) is 5.83. The van der Waals surface area contributed by atoms with Crippen LogP contribution in [0.4, 0.5) is 16.2 Å². The fourth-order valence-corrected chi connectivity index (χ4v) is 3.40. The summed E-state index contributed by atoms with van der Waals surface area (Å²) in [5, 5.41) is 2.52. The zero-order valence-electron chi connectivity index (χ0n) is 13.9. The number of benzene rings is 2. The van der Waals surface area contributed by atoms with Crippen molar-refractivity contribution in [1.82, 2.24) is 4.72 Å². The smallest absolute Gasteiger partial charge is 0.333 e. The molecular weight excluding hydrogens is 342 g/mol. The van der Waals surface area contributed by atoms with E-state index in [1.54, 1.807) is 24.3 Å². The number of amides is 2. The van der Waals surface area contributed by atoms with E-state index in [2.05, 4.69) is 5.32 Å². The molecule has 0 atom stereocenters. The molecule has 2 amide bonds. The summed E-state index contributed by atoms with van der Waals surface area (Å²) in [6.45, 7) is 3.20. The van der Waals surface area contributed by atoms with Gasteiger partial charge < -0.3 is 15.0 Å². The van der Waals surface area contributed by atoms with E-state index in [-0.39, 0.29) is 4.90 Å². The molecule has 0 bridgehead atoms. The monoisotopic (exact) mass is 361 g/mol. The summed E-state index contributed by atoms with van der Waals surface area (Å²) in [4.78, 5) is 14.1. The third-order valence-corrected chi connectivity index (χ3v) is 5.22. The fraction of sp³-hybridized carbons (Fsp3) is 0.235. The van der Waals surface area contributed by atoms with Crippen molar-refractivity contribution in [3.63, 3.8) is 0 Å². The largest absolute Gasteiger partial charge is 0.489 e. The molecule has 0 radical (unpaired) electrons. The molecule has 2 aromatic carbocycles. The van der Waals surface area contributed by atoms with Crippen LogP contribution in [-0.4, -0.2) is 34.6 Å². The van der Waals surface area contributed by atoms with Crippen molar-refractivity contribution in [1.29, 1.82) is 0 Å². The molecule has 1 aliphatic heterocycles. The molecule has 0 fully saturated rings. The zero-order valence-corrected chi connectivity index (χ0v) is 14.8. The van der Waals surface area contributed by atoms with E-state index in [9.17, 15) is 13.2 Å². The van der Waals surface area contributed by atoms with Crippen LogP contribution >= 0.6 is 0 Å². The molecule has 3 rings (SSSR count). The van der Waals surface area contributed by atoms with E-state index in [0.29, 0.717) is 18.0 Å². The maximum atomic E-state index is 12.2. The number of carbonyl (C=O) groups excluding carboxylic acids is 1. The Morgan fingerprint density at radius 2 is 1.88 bits per heavy atom. The number of fused-ring (bicyclic) bond motifs is 1. The van der Waals surface area contributed by atoms with Crippen molar-refractivity contribution in [3.8, 4) is 5.75 Å². The highest BCUT2D eigenvalue weighted by atomic mass is 32.2. The Bertz CT molecular complexity index is 895. The number of rotatable bonds is 3. The first-order chi connectivity index (χ1) is 11.8. The second kappa shape index (κ2) is 6.64. The van der Waals surface area contributed by atoms with Gasteiger partial charge in [0.25, 0.3) is 10.0 Å². The lowest BCUT2D eigenvalue weighted by Gasteiger charge is -2.27. The summed E-state index contributed by atoms with van der Waals surface area (Å²) in [6, 6.07) is 10.6. The number of urea groups is 1. The van der Waals surface area contributed by atoms with Gasteiger partial charge in [-0.1, -0.05) is 17.7 Å². The third kappa shape index (κ3) is 3.85. The first kappa shape index (κ1) is 17.1. The van der Waals surface area contributed by atoms with Gasteiger partial charge >= 0.3 is 6.03 Å². The molecule has 0 saturated heterocycles. The minimum Gasteiger partial charge on any atom is -0.489 e. The summed E-state index contributed by atoms with van der Waals surface area (Å²) >= 11 is 0. The molecule has 1 heterocycles. The Morgan fingerprint density at radius 3 is 2.60 bits per heavy atom. The van der Waals surface area contributed by atoms with E-state index in [0.717, 1.165) is 17.8 Å². The van der Waals surface area contributed by atoms with Gasteiger partial charge in [0, 0.05) is 18.8 Å². The summed E-state index contributed by atoms with van der Waals surface area (Å²) in [5.74, 6) is 0.646. The minimum atomic E-state index is -3.92. The van der Waals surface area contributed by atoms with Crippen molar-refractivity contribution in [3.05, 3.63) is 48.0 Å². The first-order valence-electron chi connectivity index (χ1n) is 7.73.